The molecule has 0 radical (unpaired) electrons. The van der Waals surface area contributed by atoms with E-state index in [2.05, 4.69) is 15.5 Å². The molecular weight excluding hydrogens is 266 g/mol. The summed E-state index contributed by atoms with van der Waals surface area (Å²) in [5.74, 6) is 3.05. The number of aryl methyl sites for hydroxylation is 2. The average molecular weight is 283 g/mol. The van der Waals surface area contributed by atoms with Crippen LogP contribution in [-0.2, 0) is 13.0 Å². The Morgan fingerprint density at radius 1 is 1.00 bits per heavy atom. The Morgan fingerprint density at radius 2 is 1.81 bits per heavy atom. The van der Waals surface area contributed by atoms with E-state index in [0.29, 0.717) is 18.3 Å². The summed E-state index contributed by atoms with van der Waals surface area (Å²) >= 11 is 0. The first-order valence-corrected chi connectivity index (χ1v) is 6.96. The van der Waals surface area contributed by atoms with Gasteiger partial charge in [0.2, 0.25) is 11.8 Å². The second-order valence-corrected chi connectivity index (χ2v) is 4.80. The minimum absolute atomic E-state index is 0.556. The molecule has 0 aliphatic carbocycles. The summed E-state index contributed by atoms with van der Waals surface area (Å²) in [6, 6.07) is 11.8. The molecule has 0 aliphatic heterocycles. The van der Waals surface area contributed by atoms with Gasteiger partial charge in [-0.3, -0.25) is 0 Å². The van der Waals surface area contributed by atoms with Crippen LogP contribution < -0.4 is 5.32 Å². The van der Waals surface area contributed by atoms with Gasteiger partial charge in [0.05, 0.1) is 6.54 Å². The number of nitrogens with one attached hydrogen (secondary N) is 1. The van der Waals surface area contributed by atoms with Crippen molar-refractivity contribution >= 4 is 5.69 Å². The van der Waals surface area contributed by atoms with E-state index >= 15 is 0 Å². The molecule has 1 aromatic carbocycles. The van der Waals surface area contributed by atoms with Gasteiger partial charge in [-0.25, -0.2) is 0 Å². The van der Waals surface area contributed by atoms with Crippen LogP contribution in [0.2, 0.25) is 0 Å². The zero-order valence-corrected chi connectivity index (χ0v) is 12.1. The molecule has 0 saturated heterocycles. The molecular formula is C16H17N3O2. The van der Waals surface area contributed by atoms with E-state index in [4.69, 9.17) is 8.83 Å². The third-order valence-electron chi connectivity index (χ3n) is 3.16. The first-order chi connectivity index (χ1) is 10.2. The lowest BCUT2D eigenvalue weighted by Gasteiger charge is -2.04. The topological polar surface area (TPSA) is 64.1 Å². The molecule has 5 nitrogen and oxygen atoms in total. The Hall–Kier alpha value is -2.56. The average Bonchev–Trinajstić information content (AvgIpc) is 3.14. The van der Waals surface area contributed by atoms with E-state index in [9.17, 15) is 0 Å². The van der Waals surface area contributed by atoms with Gasteiger partial charge >= 0.3 is 0 Å². The maximum Gasteiger partial charge on any atom is 0.247 e. The molecule has 0 fully saturated rings. The zero-order valence-electron chi connectivity index (χ0n) is 12.1. The normalized spacial score (nSPS) is 10.8. The smallest absolute Gasteiger partial charge is 0.247 e. The summed E-state index contributed by atoms with van der Waals surface area (Å²) in [4.78, 5) is 0. The van der Waals surface area contributed by atoms with Crippen LogP contribution in [0.3, 0.4) is 0 Å². The highest BCUT2D eigenvalue weighted by atomic mass is 16.4. The molecule has 5 heteroatoms. The zero-order chi connectivity index (χ0) is 14.7. The predicted octanol–water partition coefficient (Wildman–Crippen LogP) is 3.81. The van der Waals surface area contributed by atoms with Gasteiger partial charge in [-0.1, -0.05) is 6.92 Å². The summed E-state index contributed by atoms with van der Waals surface area (Å²) in [6.07, 6.45) is 0.745. The quantitative estimate of drug-likeness (QED) is 0.771. The van der Waals surface area contributed by atoms with E-state index in [1.54, 1.807) is 0 Å². The number of nitrogens with zero attached hydrogens (tertiary/aromatic N) is 2. The van der Waals surface area contributed by atoms with E-state index < -0.39 is 0 Å². The highest BCUT2D eigenvalue weighted by Gasteiger charge is 2.07. The Morgan fingerprint density at radius 3 is 2.43 bits per heavy atom. The number of hydrogen-bond acceptors (Lipinski definition) is 5. The van der Waals surface area contributed by atoms with Crippen molar-refractivity contribution in [3.05, 3.63) is 53.8 Å². The summed E-state index contributed by atoms with van der Waals surface area (Å²) < 4.78 is 11.1. The number of hydrogen-bond donors (Lipinski definition) is 1. The molecule has 0 spiro atoms. The van der Waals surface area contributed by atoms with Crippen LogP contribution in [0.1, 0.15) is 24.3 Å². The fraction of sp³-hybridized carbons (Fsp3) is 0.250. The monoisotopic (exact) mass is 283 g/mol. The van der Waals surface area contributed by atoms with Crippen molar-refractivity contribution < 1.29 is 8.83 Å². The van der Waals surface area contributed by atoms with Gasteiger partial charge in [0.15, 0.2) is 0 Å². The van der Waals surface area contributed by atoms with E-state index in [0.717, 1.165) is 29.2 Å². The second-order valence-electron chi connectivity index (χ2n) is 4.80. The predicted molar refractivity (Wildman–Crippen MR) is 79.9 cm³/mol. The highest BCUT2D eigenvalue weighted by Crippen LogP contribution is 2.21. The van der Waals surface area contributed by atoms with Gasteiger partial charge in [0.25, 0.3) is 0 Å². The molecule has 1 N–H and O–H groups in total. The lowest BCUT2D eigenvalue weighted by Crippen LogP contribution is -1.97. The van der Waals surface area contributed by atoms with Crippen LogP contribution in [0.5, 0.6) is 0 Å². The SMILES string of the molecule is CCc1nnc(-c2ccc(NCc3ccc(C)o3)cc2)o1. The molecule has 3 aromatic rings. The van der Waals surface area contributed by atoms with Crippen molar-refractivity contribution in [1.29, 1.82) is 0 Å². The highest BCUT2D eigenvalue weighted by molar-refractivity contribution is 5.58. The first kappa shape index (κ1) is 13.4. The number of anilines is 1. The fourth-order valence-electron chi connectivity index (χ4n) is 2.01. The van der Waals surface area contributed by atoms with E-state index in [1.807, 2.05) is 50.2 Å². The summed E-state index contributed by atoms with van der Waals surface area (Å²) in [5.41, 5.74) is 1.93. The van der Waals surface area contributed by atoms with Crippen molar-refractivity contribution in [3.8, 4) is 11.5 Å². The van der Waals surface area contributed by atoms with Gasteiger partial charge in [0, 0.05) is 17.7 Å². The van der Waals surface area contributed by atoms with Crippen molar-refractivity contribution in [2.75, 3.05) is 5.32 Å². The van der Waals surface area contributed by atoms with Gasteiger partial charge in [-0.15, -0.1) is 10.2 Å². The van der Waals surface area contributed by atoms with Crippen LogP contribution in [0.25, 0.3) is 11.5 Å². The molecule has 0 saturated carbocycles. The van der Waals surface area contributed by atoms with Gasteiger partial charge < -0.3 is 14.2 Å². The number of furan rings is 1. The molecule has 0 unspecified atom stereocenters. The third kappa shape index (κ3) is 3.13. The van der Waals surface area contributed by atoms with Gasteiger partial charge in [0.1, 0.15) is 11.5 Å². The van der Waals surface area contributed by atoms with Crippen LogP contribution in [-0.4, -0.2) is 10.2 Å². The molecule has 0 aliphatic rings. The molecule has 0 amide bonds. The second kappa shape index (κ2) is 5.83. The summed E-state index contributed by atoms with van der Waals surface area (Å²) in [5, 5.41) is 11.3. The Kier molecular flexibility index (Phi) is 3.73. The van der Waals surface area contributed by atoms with Crippen LogP contribution in [0, 0.1) is 6.92 Å². The fourth-order valence-corrected chi connectivity index (χ4v) is 2.01. The molecule has 3 rings (SSSR count). The van der Waals surface area contributed by atoms with Crippen LogP contribution in [0.15, 0.2) is 45.2 Å². The molecule has 0 atom stereocenters. The van der Waals surface area contributed by atoms with Crippen LogP contribution in [0.4, 0.5) is 5.69 Å². The number of aromatic nitrogens is 2. The van der Waals surface area contributed by atoms with Crippen LogP contribution >= 0.6 is 0 Å². The minimum atomic E-state index is 0.556. The van der Waals surface area contributed by atoms with E-state index in [-0.39, 0.29) is 0 Å². The first-order valence-electron chi connectivity index (χ1n) is 6.96. The number of benzene rings is 1. The Balaban J connectivity index is 1.66. The molecule has 0 bridgehead atoms. The Labute approximate surface area is 123 Å². The summed E-state index contributed by atoms with van der Waals surface area (Å²) in [7, 11) is 0. The van der Waals surface area contributed by atoms with Crippen molar-refractivity contribution in [1.82, 2.24) is 10.2 Å². The molecule has 108 valence electrons. The van der Waals surface area contributed by atoms with E-state index in [1.165, 1.54) is 0 Å². The summed E-state index contributed by atoms with van der Waals surface area (Å²) in [6.45, 7) is 4.58. The Bertz CT molecular complexity index is 713. The lowest BCUT2D eigenvalue weighted by molar-refractivity contribution is 0.490. The molecule has 2 aromatic heterocycles. The molecule has 21 heavy (non-hydrogen) atoms. The minimum Gasteiger partial charge on any atom is -0.465 e. The largest absolute Gasteiger partial charge is 0.465 e. The standard InChI is InChI=1S/C16H17N3O2/c1-3-15-18-19-16(21-15)12-5-7-13(8-6-12)17-10-14-9-4-11(2)20-14/h4-9,17H,3,10H2,1-2H3. The van der Waals surface area contributed by atoms with Crippen molar-refractivity contribution in [3.63, 3.8) is 0 Å². The maximum absolute atomic E-state index is 5.53. The van der Waals surface area contributed by atoms with Gasteiger partial charge in [-0.05, 0) is 43.3 Å². The maximum atomic E-state index is 5.53. The van der Waals surface area contributed by atoms with Gasteiger partial charge in [-0.2, -0.15) is 0 Å². The molecule has 2 heterocycles. The number of rotatable bonds is 5. The van der Waals surface area contributed by atoms with Crippen molar-refractivity contribution in [2.45, 2.75) is 26.8 Å². The third-order valence-corrected chi connectivity index (χ3v) is 3.16. The van der Waals surface area contributed by atoms with Crippen molar-refractivity contribution in [2.24, 2.45) is 0 Å². The lowest BCUT2D eigenvalue weighted by atomic mass is 10.2.